The predicted octanol–water partition coefficient (Wildman–Crippen LogP) is 1.78. The van der Waals surface area contributed by atoms with Gasteiger partial charge in [-0.2, -0.15) is 0 Å². The van der Waals surface area contributed by atoms with E-state index in [0.29, 0.717) is 0 Å². The second-order valence-corrected chi connectivity index (χ2v) is 6.55. The Kier molecular flexibility index (Phi) is 5.27. The van der Waals surface area contributed by atoms with E-state index in [2.05, 4.69) is 0 Å². The molecule has 0 aliphatic carbocycles. The Labute approximate surface area is 138 Å². The van der Waals surface area contributed by atoms with Crippen LogP contribution in [-0.4, -0.2) is 19.2 Å². The summed E-state index contributed by atoms with van der Waals surface area (Å²) in [6.45, 7) is 1.95. The lowest BCUT2D eigenvalue weighted by Gasteiger charge is -2.09. The summed E-state index contributed by atoms with van der Waals surface area (Å²) in [5.41, 5.74) is 2.72. The Morgan fingerprint density at radius 3 is 2.42 bits per heavy atom. The van der Waals surface area contributed by atoms with Gasteiger partial charge in [-0.25, -0.2) is 8.42 Å². The summed E-state index contributed by atoms with van der Waals surface area (Å²) >= 11 is 0. The molecule has 24 heavy (non-hydrogen) atoms. The van der Waals surface area contributed by atoms with Gasteiger partial charge in [0.2, 0.25) is 0 Å². The number of nitrogens with one attached hydrogen (secondary N) is 2. The Balaban J connectivity index is 2.09. The standard InChI is InChI=1S/C15H15N3O5S/c1-2-11-6-8-14(9-7-11)24(22,23)17-16-15(19)12-4-3-5-13(10-12)18(20)21/h3-10,17H,2H2,1H3,(H,16,19). The Morgan fingerprint density at radius 2 is 1.83 bits per heavy atom. The van der Waals surface area contributed by atoms with E-state index in [1.165, 1.54) is 30.3 Å². The van der Waals surface area contributed by atoms with E-state index in [1.54, 1.807) is 12.1 Å². The number of nitro groups is 1. The highest BCUT2D eigenvalue weighted by Crippen LogP contribution is 2.13. The second-order valence-electron chi connectivity index (χ2n) is 4.86. The first-order valence-electron chi connectivity index (χ1n) is 6.99. The van der Waals surface area contributed by atoms with Crippen molar-refractivity contribution < 1.29 is 18.1 Å². The summed E-state index contributed by atoms with van der Waals surface area (Å²) in [6.07, 6.45) is 0.775. The van der Waals surface area contributed by atoms with E-state index in [1.807, 2.05) is 17.2 Å². The summed E-state index contributed by atoms with van der Waals surface area (Å²) in [7, 11) is -3.93. The molecule has 0 atom stereocenters. The Morgan fingerprint density at radius 1 is 1.17 bits per heavy atom. The number of rotatable bonds is 6. The maximum absolute atomic E-state index is 12.1. The number of amides is 1. The lowest BCUT2D eigenvalue weighted by molar-refractivity contribution is -0.384. The number of carbonyl (C=O) groups is 1. The molecule has 126 valence electrons. The summed E-state index contributed by atoms with van der Waals surface area (Å²) in [6, 6.07) is 11.2. The fraction of sp³-hybridized carbons (Fsp3) is 0.133. The van der Waals surface area contributed by atoms with Crippen molar-refractivity contribution in [3.63, 3.8) is 0 Å². The van der Waals surface area contributed by atoms with Crippen LogP contribution in [-0.2, 0) is 16.4 Å². The summed E-state index contributed by atoms with van der Waals surface area (Å²) in [4.78, 5) is 23.9. The number of carbonyl (C=O) groups excluding carboxylic acids is 1. The molecule has 0 bridgehead atoms. The van der Waals surface area contributed by atoms with Gasteiger partial charge in [-0.3, -0.25) is 20.3 Å². The number of nitrogens with zero attached hydrogens (tertiary/aromatic N) is 1. The predicted molar refractivity (Wildman–Crippen MR) is 86.7 cm³/mol. The molecule has 0 unspecified atom stereocenters. The summed E-state index contributed by atoms with van der Waals surface area (Å²) < 4.78 is 24.2. The third-order valence-electron chi connectivity index (χ3n) is 3.26. The SMILES string of the molecule is CCc1ccc(S(=O)(=O)NNC(=O)c2cccc([N+](=O)[O-])c2)cc1. The normalized spacial score (nSPS) is 11.0. The van der Waals surface area contributed by atoms with Crippen LogP contribution in [0, 0.1) is 10.1 Å². The number of hydrogen-bond acceptors (Lipinski definition) is 5. The number of benzene rings is 2. The molecule has 0 heterocycles. The van der Waals surface area contributed by atoms with Crippen molar-refractivity contribution in [3.8, 4) is 0 Å². The van der Waals surface area contributed by atoms with Crippen molar-refractivity contribution in [3.05, 3.63) is 69.8 Å². The van der Waals surface area contributed by atoms with Crippen molar-refractivity contribution in [2.75, 3.05) is 0 Å². The topological polar surface area (TPSA) is 118 Å². The molecule has 1 amide bonds. The number of hydrazine groups is 1. The van der Waals surface area contributed by atoms with Gasteiger partial charge in [0.1, 0.15) is 0 Å². The highest BCUT2D eigenvalue weighted by molar-refractivity contribution is 7.89. The van der Waals surface area contributed by atoms with Gasteiger partial charge in [0.15, 0.2) is 0 Å². The highest BCUT2D eigenvalue weighted by Gasteiger charge is 2.17. The molecule has 2 rings (SSSR count). The van der Waals surface area contributed by atoms with E-state index in [4.69, 9.17) is 0 Å². The Bertz CT molecular complexity index is 863. The number of nitro benzene ring substituents is 1. The van der Waals surface area contributed by atoms with E-state index in [9.17, 15) is 23.3 Å². The fourth-order valence-electron chi connectivity index (χ4n) is 1.91. The number of sulfonamides is 1. The second kappa shape index (κ2) is 7.20. The van der Waals surface area contributed by atoms with Crippen LogP contribution in [0.4, 0.5) is 5.69 Å². The lowest BCUT2D eigenvalue weighted by Crippen LogP contribution is -2.41. The summed E-state index contributed by atoms with van der Waals surface area (Å²) in [5, 5.41) is 10.7. The van der Waals surface area contributed by atoms with Gasteiger partial charge < -0.3 is 0 Å². The lowest BCUT2D eigenvalue weighted by atomic mass is 10.2. The molecule has 0 aliphatic heterocycles. The molecule has 0 fully saturated rings. The van der Waals surface area contributed by atoms with E-state index >= 15 is 0 Å². The molecule has 0 saturated carbocycles. The van der Waals surface area contributed by atoms with E-state index < -0.39 is 20.9 Å². The number of non-ortho nitro benzene ring substituents is 1. The van der Waals surface area contributed by atoms with Crippen LogP contribution < -0.4 is 10.3 Å². The van der Waals surface area contributed by atoms with Gasteiger partial charge in [0.25, 0.3) is 21.6 Å². The molecule has 8 nitrogen and oxygen atoms in total. The summed E-state index contributed by atoms with van der Waals surface area (Å²) in [5.74, 6) is -0.799. The fourth-order valence-corrected chi connectivity index (χ4v) is 2.75. The van der Waals surface area contributed by atoms with Crippen molar-refractivity contribution in [1.82, 2.24) is 10.3 Å². The van der Waals surface area contributed by atoms with Gasteiger partial charge in [-0.05, 0) is 30.2 Å². The molecule has 0 saturated heterocycles. The third-order valence-corrected chi connectivity index (χ3v) is 4.52. The van der Waals surface area contributed by atoms with Crippen LogP contribution in [0.5, 0.6) is 0 Å². The monoisotopic (exact) mass is 349 g/mol. The van der Waals surface area contributed by atoms with E-state index in [0.717, 1.165) is 18.1 Å². The zero-order valence-corrected chi connectivity index (χ0v) is 13.5. The molecule has 0 aliphatic rings. The average molecular weight is 349 g/mol. The van der Waals surface area contributed by atoms with Crippen LogP contribution in [0.2, 0.25) is 0 Å². The van der Waals surface area contributed by atoms with Gasteiger partial charge >= 0.3 is 0 Å². The Hall–Kier alpha value is -2.78. The van der Waals surface area contributed by atoms with Crippen molar-refractivity contribution >= 4 is 21.6 Å². The van der Waals surface area contributed by atoms with Gasteiger partial charge in [0, 0.05) is 17.7 Å². The van der Waals surface area contributed by atoms with Gasteiger partial charge in [-0.1, -0.05) is 25.1 Å². The number of aryl methyl sites for hydroxylation is 1. The molecule has 2 N–H and O–H groups in total. The van der Waals surface area contributed by atoms with Crippen LogP contribution in [0.15, 0.2) is 53.4 Å². The third kappa shape index (κ3) is 4.15. The van der Waals surface area contributed by atoms with Crippen LogP contribution >= 0.6 is 0 Å². The zero-order valence-electron chi connectivity index (χ0n) is 12.7. The van der Waals surface area contributed by atoms with Crippen molar-refractivity contribution in [1.29, 1.82) is 0 Å². The molecule has 0 radical (unpaired) electrons. The molecular weight excluding hydrogens is 334 g/mol. The quantitative estimate of drug-likeness (QED) is 0.609. The highest BCUT2D eigenvalue weighted by atomic mass is 32.2. The molecule has 2 aromatic rings. The smallest absolute Gasteiger partial charge is 0.270 e. The molecular formula is C15H15N3O5S. The minimum absolute atomic E-state index is 0.000887. The van der Waals surface area contributed by atoms with Gasteiger partial charge in [0.05, 0.1) is 9.82 Å². The van der Waals surface area contributed by atoms with Crippen molar-refractivity contribution in [2.24, 2.45) is 0 Å². The molecule has 0 spiro atoms. The van der Waals surface area contributed by atoms with Crippen LogP contribution in [0.3, 0.4) is 0 Å². The first kappa shape index (κ1) is 17.6. The first-order chi connectivity index (χ1) is 11.3. The largest absolute Gasteiger partial charge is 0.273 e. The maximum Gasteiger partial charge on any atom is 0.270 e. The average Bonchev–Trinajstić information content (AvgIpc) is 2.60. The zero-order chi connectivity index (χ0) is 17.7. The first-order valence-corrected chi connectivity index (χ1v) is 8.47. The molecule has 2 aromatic carbocycles. The minimum Gasteiger partial charge on any atom is -0.273 e. The minimum atomic E-state index is -3.93. The molecule has 9 heteroatoms. The van der Waals surface area contributed by atoms with E-state index in [-0.39, 0.29) is 16.1 Å². The number of hydrogen-bond donors (Lipinski definition) is 2. The van der Waals surface area contributed by atoms with Crippen LogP contribution in [0.25, 0.3) is 0 Å². The molecule has 0 aromatic heterocycles. The maximum atomic E-state index is 12.1. The van der Waals surface area contributed by atoms with Crippen LogP contribution in [0.1, 0.15) is 22.8 Å². The van der Waals surface area contributed by atoms with Gasteiger partial charge in [-0.15, -0.1) is 4.83 Å². The van der Waals surface area contributed by atoms with Crippen molar-refractivity contribution in [2.45, 2.75) is 18.2 Å².